The minimum Gasteiger partial charge on any atom is -0.374 e. The largest absolute Gasteiger partial charge is 0.374 e. The van der Waals surface area contributed by atoms with Crippen LogP contribution in [0.15, 0.2) is 18.2 Å². The van der Waals surface area contributed by atoms with Crippen LogP contribution in [0.4, 0.5) is 11.4 Å². The number of benzene rings is 1. The molecule has 2 rings (SSSR count). The van der Waals surface area contributed by atoms with Gasteiger partial charge in [-0.2, -0.15) is 0 Å². The first-order valence-corrected chi connectivity index (χ1v) is 8.31. The third kappa shape index (κ3) is 4.47. The van der Waals surface area contributed by atoms with E-state index in [0.717, 1.165) is 24.1 Å². The highest BCUT2D eigenvalue weighted by Crippen LogP contribution is 2.25. The molecule has 1 saturated heterocycles. The molecule has 1 fully saturated rings. The number of carbonyl (C=O) groups excluding carboxylic acids is 2. The second kappa shape index (κ2) is 7.49. The molecule has 0 saturated carbocycles. The molecule has 1 aromatic carbocycles. The quantitative estimate of drug-likeness (QED) is 0.897. The van der Waals surface area contributed by atoms with E-state index >= 15 is 0 Å². The molecule has 1 aliphatic rings. The van der Waals surface area contributed by atoms with Crippen molar-refractivity contribution in [3.8, 4) is 0 Å². The molecule has 1 aromatic rings. The lowest BCUT2D eigenvalue weighted by molar-refractivity contribution is -0.135. The molecule has 5 heteroatoms. The van der Waals surface area contributed by atoms with Gasteiger partial charge >= 0.3 is 0 Å². The Morgan fingerprint density at radius 2 is 1.83 bits per heavy atom. The van der Waals surface area contributed by atoms with Crippen LogP contribution < -0.4 is 10.6 Å². The Bertz CT molecular complexity index is 576. The summed E-state index contributed by atoms with van der Waals surface area (Å²) in [5.41, 5.74) is 2.57. The number of carbonyl (C=O) groups is 2. The molecule has 23 heavy (non-hydrogen) atoms. The van der Waals surface area contributed by atoms with Crippen LogP contribution in [0.1, 0.15) is 45.6 Å². The number of nitrogens with zero attached hydrogens (tertiary/aromatic N) is 1. The highest BCUT2D eigenvalue weighted by molar-refractivity contribution is 5.93. The van der Waals surface area contributed by atoms with Gasteiger partial charge in [0.15, 0.2) is 0 Å². The summed E-state index contributed by atoms with van der Waals surface area (Å²) in [7, 11) is 0. The summed E-state index contributed by atoms with van der Waals surface area (Å²) in [4.78, 5) is 25.9. The first-order valence-electron chi connectivity index (χ1n) is 8.31. The molecule has 5 nitrogen and oxygen atoms in total. The fourth-order valence-electron chi connectivity index (χ4n) is 3.28. The summed E-state index contributed by atoms with van der Waals surface area (Å²) < 4.78 is 0. The number of nitrogens with one attached hydrogen (secondary N) is 2. The third-order valence-electron chi connectivity index (χ3n) is 4.40. The first-order chi connectivity index (χ1) is 10.9. The van der Waals surface area contributed by atoms with Gasteiger partial charge in [-0.25, -0.2) is 0 Å². The highest BCUT2D eigenvalue weighted by Gasteiger charge is 2.28. The van der Waals surface area contributed by atoms with Gasteiger partial charge in [-0.3, -0.25) is 9.59 Å². The van der Waals surface area contributed by atoms with Crippen molar-refractivity contribution in [2.24, 2.45) is 0 Å². The average molecular weight is 317 g/mol. The lowest BCUT2D eigenvalue weighted by Gasteiger charge is -2.39. The van der Waals surface area contributed by atoms with E-state index in [0.29, 0.717) is 17.8 Å². The van der Waals surface area contributed by atoms with Crippen LogP contribution in [0.3, 0.4) is 0 Å². The Balaban J connectivity index is 2.06. The highest BCUT2D eigenvalue weighted by atomic mass is 16.2. The number of hydrogen-bond acceptors (Lipinski definition) is 3. The van der Waals surface area contributed by atoms with Crippen LogP contribution in [0.2, 0.25) is 0 Å². The van der Waals surface area contributed by atoms with Crippen molar-refractivity contribution in [2.45, 2.75) is 59.0 Å². The number of piperidine rings is 1. The second-order valence-electron chi connectivity index (χ2n) is 6.51. The Labute approximate surface area is 138 Å². The van der Waals surface area contributed by atoms with Gasteiger partial charge in [0, 0.05) is 19.0 Å². The van der Waals surface area contributed by atoms with Gasteiger partial charge in [-0.15, -0.1) is 0 Å². The maximum atomic E-state index is 12.6. The minimum absolute atomic E-state index is 0.111. The van der Waals surface area contributed by atoms with Gasteiger partial charge < -0.3 is 15.5 Å². The monoisotopic (exact) mass is 317 g/mol. The zero-order valence-corrected chi connectivity index (χ0v) is 14.5. The lowest BCUT2D eigenvalue weighted by Crippen LogP contribution is -2.49. The Kier molecular flexibility index (Phi) is 5.64. The molecule has 0 aliphatic carbocycles. The molecule has 2 amide bonds. The summed E-state index contributed by atoms with van der Waals surface area (Å²) in [6.45, 7) is 7.93. The average Bonchev–Trinajstić information content (AvgIpc) is 2.47. The van der Waals surface area contributed by atoms with E-state index in [4.69, 9.17) is 0 Å². The zero-order chi connectivity index (χ0) is 17.0. The molecule has 0 unspecified atom stereocenters. The summed E-state index contributed by atoms with van der Waals surface area (Å²) in [6, 6.07) is 6.32. The molecule has 1 aliphatic heterocycles. The van der Waals surface area contributed by atoms with Crippen LogP contribution in [0, 0.1) is 6.92 Å². The number of aryl methyl sites for hydroxylation is 1. The maximum absolute atomic E-state index is 12.6. The standard InChI is InChI=1S/C18H27N3O2/c1-12-8-9-16(20-15(4)22)17(10-12)19-11-18(23)21-13(2)6-5-7-14(21)3/h8-10,13-14,19H,5-7,11H2,1-4H3,(H,20,22)/t13-,14-/m0/s1. The molecule has 126 valence electrons. The molecule has 1 heterocycles. The fourth-order valence-corrected chi connectivity index (χ4v) is 3.28. The number of hydrogen-bond donors (Lipinski definition) is 2. The minimum atomic E-state index is -0.124. The van der Waals surface area contributed by atoms with Crippen LogP contribution in [-0.4, -0.2) is 35.3 Å². The molecule has 2 atom stereocenters. The summed E-state index contributed by atoms with van der Waals surface area (Å²) in [6.07, 6.45) is 3.32. The van der Waals surface area contributed by atoms with Crippen molar-refractivity contribution in [1.29, 1.82) is 0 Å². The van der Waals surface area contributed by atoms with E-state index in [1.165, 1.54) is 13.3 Å². The molecular formula is C18H27N3O2. The maximum Gasteiger partial charge on any atom is 0.242 e. The van der Waals surface area contributed by atoms with Gasteiger partial charge in [0.05, 0.1) is 17.9 Å². The Morgan fingerprint density at radius 3 is 2.43 bits per heavy atom. The van der Waals surface area contributed by atoms with Gasteiger partial charge in [0.25, 0.3) is 0 Å². The van der Waals surface area contributed by atoms with E-state index in [1.54, 1.807) is 0 Å². The zero-order valence-electron chi connectivity index (χ0n) is 14.5. The van der Waals surface area contributed by atoms with Crippen molar-refractivity contribution in [2.75, 3.05) is 17.2 Å². The number of rotatable bonds is 4. The van der Waals surface area contributed by atoms with E-state index in [-0.39, 0.29) is 18.4 Å². The van der Waals surface area contributed by atoms with E-state index in [9.17, 15) is 9.59 Å². The predicted molar refractivity (Wildman–Crippen MR) is 93.6 cm³/mol. The molecule has 0 radical (unpaired) electrons. The molecule has 0 spiro atoms. The summed E-state index contributed by atoms with van der Waals surface area (Å²) in [5, 5.41) is 5.99. The van der Waals surface area contributed by atoms with Crippen molar-refractivity contribution in [3.63, 3.8) is 0 Å². The topological polar surface area (TPSA) is 61.4 Å². The van der Waals surface area contributed by atoms with Crippen LogP contribution in [0.5, 0.6) is 0 Å². The number of anilines is 2. The number of likely N-dealkylation sites (tertiary alicyclic amines) is 1. The summed E-state index contributed by atoms with van der Waals surface area (Å²) >= 11 is 0. The first kappa shape index (κ1) is 17.3. The van der Waals surface area contributed by atoms with Gasteiger partial charge in [0.2, 0.25) is 11.8 Å². The van der Waals surface area contributed by atoms with Crippen molar-refractivity contribution in [1.82, 2.24) is 4.90 Å². The van der Waals surface area contributed by atoms with Gasteiger partial charge in [-0.1, -0.05) is 6.07 Å². The van der Waals surface area contributed by atoms with Crippen LogP contribution in [0.25, 0.3) is 0 Å². The predicted octanol–water partition coefficient (Wildman–Crippen LogP) is 3.15. The molecular weight excluding hydrogens is 290 g/mol. The van der Waals surface area contributed by atoms with Gasteiger partial charge in [0.1, 0.15) is 0 Å². The normalized spacial score (nSPS) is 21.0. The fraction of sp³-hybridized carbons (Fsp3) is 0.556. The smallest absolute Gasteiger partial charge is 0.242 e. The Hall–Kier alpha value is -2.04. The SMILES string of the molecule is CC(=O)Nc1ccc(C)cc1NCC(=O)N1[C@@H](C)CCC[C@@H]1C. The van der Waals surface area contributed by atoms with E-state index < -0.39 is 0 Å². The molecule has 0 aromatic heterocycles. The van der Waals surface area contributed by atoms with Crippen LogP contribution >= 0.6 is 0 Å². The summed E-state index contributed by atoms with van der Waals surface area (Å²) in [5.74, 6) is -0.0125. The van der Waals surface area contributed by atoms with Gasteiger partial charge in [-0.05, 0) is 57.7 Å². The number of amides is 2. The molecule has 2 N–H and O–H groups in total. The van der Waals surface area contributed by atoms with Crippen molar-refractivity contribution < 1.29 is 9.59 Å². The molecule has 0 bridgehead atoms. The Morgan fingerprint density at radius 1 is 1.17 bits per heavy atom. The third-order valence-corrected chi connectivity index (χ3v) is 4.40. The van der Waals surface area contributed by atoms with Crippen LogP contribution in [-0.2, 0) is 9.59 Å². The van der Waals surface area contributed by atoms with Crippen molar-refractivity contribution in [3.05, 3.63) is 23.8 Å². The lowest BCUT2D eigenvalue weighted by atomic mass is 9.97. The van der Waals surface area contributed by atoms with E-state index in [2.05, 4.69) is 24.5 Å². The van der Waals surface area contributed by atoms with E-state index in [1.807, 2.05) is 30.0 Å². The second-order valence-corrected chi connectivity index (χ2v) is 6.51. The van der Waals surface area contributed by atoms with Crippen molar-refractivity contribution >= 4 is 23.2 Å².